The highest BCUT2D eigenvalue weighted by molar-refractivity contribution is 5.30. The highest BCUT2D eigenvalue weighted by Gasteiger charge is 2.24. The van der Waals surface area contributed by atoms with Gasteiger partial charge in [-0.2, -0.15) is 14.0 Å². The van der Waals surface area contributed by atoms with Crippen molar-refractivity contribution in [3.8, 4) is 11.8 Å². The number of hydrogen-bond acceptors (Lipinski definition) is 3. The van der Waals surface area contributed by atoms with Gasteiger partial charge in [0.1, 0.15) is 5.75 Å². The van der Waals surface area contributed by atoms with Crippen LogP contribution in [-0.2, 0) is 18.4 Å². The molecule has 0 aliphatic rings. The van der Waals surface area contributed by atoms with Gasteiger partial charge in [-0.1, -0.05) is 32.9 Å². The average Bonchev–Trinajstić information content (AvgIpc) is 2.81. The SMILES string of the molecule is CC(C)(C)c1[nH]n(Cc2cccc(OC(F)F)c2)c(=O)c1CCC#N. The first-order valence-electron chi connectivity index (χ1n) is 7.95. The van der Waals surface area contributed by atoms with Crippen LogP contribution in [0.15, 0.2) is 29.1 Å². The largest absolute Gasteiger partial charge is 0.435 e. The molecule has 1 aromatic carbocycles. The Morgan fingerprint density at radius 2 is 2.08 bits per heavy atom. The summed E-state index contributed by atoms with van der Waals surface area (Å²) in [6.45, 7) is 3.25. The number of nitrogens with one attached hydrogen (secondary N) is 1. The van der Waals surface area contributed by atoms with E-state index in [1.54, 1.807) is 12.1 Å². The van der Waals surface area contributed by atoms with Crippen LogP contribution in [0.25, 0.3) is 0 Å². The molecular formula is C18H21F2N3O2. The summed E-state index contributed by atoms with van der Waals surface area (Å²) in [4.78, 5) is 12.7. The zero-order valence-electron chi connectivity index (χ0n) is 14.5. The van der Waals surface area contributed by atoms with Crippen molar-refractivity contribution in [1.82, 2.24) is 9.78 Å². The summed E-state index contributed by atoms with van der Waals surface area (Å²) in [5, 5.41) is 11.9. The van der Waals surface area contributed by atoms with Crippen LogP contribution < -0.4 is 10.3 Å². The van der Waals surface area contributed by atoms with E-state index >= 15 is 0 Å². The number of ether oxygens (including phenoxy) is 1. The number of alkyl halides is 2. The molecule has 0 aliphatic carbocycles. The van der Waals surface area contributed by atoms with Gasteiger partial charge in [0.2, 0.25) is 0 Å². The van der Waals surface area contributed by atoms with Crippen LogP contribution in [0.4, 0.5) is 8.78 Å². The number of H-pyrrole nitrogens is 1. The summed E-state index contributed by atoms with van der Waals surface area (Å²) in [5.41, 5.74) is 1.56. The fraction of sp³-hybridized carbons (Fsp3) is 0.444. The van der Waals surface area contributed by atoms with Gasteiger partial charge in [0, 0.05) is 23.1 Å². The fourth-order valence-electron chi connectivity index (χ4n) is 2.67. The molecule has 0 saturated carbocycles. The maximum absolute atomic E-state index is 12.7. The minimum absolute atomic E-state index is 0.0489. The molecule has 2 aromatic rings. The van der Waals surface area contributed by atoms with Crippen molar-refractivity contribution in [1.29, 1.82) is 5.26 Å². The Hall–Kier alpha value is -2.62. The molecule has 7 heteroatoms. The van der Waals surface area contributed by atoms with Gasteiger partial charge >= 0.3 is 6.61 Å². The van der Waals surface area contributed by atoms with E-state index in [2.05, 4.69) is 15.9 Å². The first kappa shape index (κ1) is 18.7. The number of rotatable bonds is 6. The van der Waals surface area contributed by atoms with Crippen molar-refractivity contribution < 1.29 is 13.5 Å². The number of halogens is 2. The van der Waals surface area contributed by atoms with Gasteiger partial charge in [-0.25, -0.2) is 4.68 Å². The van der Waals surface area contributed by atoms with Crippen LogP contribution in [0.3, 0.4) is 0 Å². The van der Waals surface area contributed by atoms with Crippen molar-refractivity contribution in [2.45, 2.75) is 52.2 Å². The molecule has 0 atom stereocenters. The lowest BCUT2D eigenvalue weighted by Gasteiger charge is -2.18. The van der Waals surface area contributed by atoms with Crippen LogP contribution in [-0.4, -0.2) is 16.4 Å². The van der Waals surface area contributed by atoms with Gasteiger partial charge in [-0.15, -0.1) is 0 Å². The Balaban J connectivity index is 2.36. The van der Waals surface area contributed by atoms with E-state index < -0.39 is 6.61 Å². The molecule has 0 bridgehead atoms. The van der Waals surface area contributed by atoms with Crippen LogP contribution in [0.1, 0.15) is 44.0 Å². The zero-order valence-corrected chi connectivity index (χ0v) is 14.5. The summed E-state index contributed by atoms with van der Waals surface area (Å²) in [6.07, 6.45) is 0.633. The van der Waals surface area contributed by atoms with Crippen molar-refractivity contribution in [2.24, 2.45) is 0 Å². The van der Waals surface area contributed by atoms with E-state index in [4.69, 9.17) is 5.26 Å². The maximum atomic E-state index is 12.7. The number of benzene rings is 1. The number of aromatic nitrogens is 2. The molecular weight excluding hydrogens is 328 g/mol. The molecule has 0 spiro atoms. The van der Waals surface area contributed by atoms with Crippen LogP contribution in [0, 0.1) is 11.3 Å². The minimum Gasteiger partial charge on any atom is -0.435 e. The lowest BCUT2D eigenvalue weighted by molar-refractivity contribution is -0.0498. The standard InChI is InChI=1S/C18H21F2N3O2/c1-18(2,3)15-14(8-5-9-21)16(24)23(22-15)11-12-6-4-7-13(10-12)25-17(19)20/h4,6-7,10,17,22H,5,8,11H2,1-3H3. The third-order valence-electron chi connectivity index (χ3n) is 3.75. The zero-order chi connectivity index (χ0) is 18.6. The number of aromatic amines is 1. The van der Waals surface area contributed by atoms with E-state index in [9.17, 15) is 13.6 Å². The topological polar surface area (TPSA) is 70.8 Å². The maximum Gasteiger partial charge on any atom is 0.387 e. The monoisotopic (exact) mass is 349 g/mol. The van der Waals surface area contributed by atoms with Gasteiger partial charge in [-0.05, 0) is 24.1 Å². The summed E-state index contributed by atoms with van der Waals surface area (Å²) >= 11 is 0. The molecule has 0 unspecified atom stereocenters. The van der Waals surface area contributed by atoms with E-state index in [0.29, 0.717) is 17.5 Å². The summed E-state index contributed by atoms with van der Waals surface area (Å²) in [7, 11) is 0. The number of nitrogens with zero attached hydrogens (tertiary/aromatic N) is 2. The molecule has 25 heavy (non-hydrogen) atoms. The molecule has 2 rings (SSSR count). The molecule has 0 aliphatic heterocycles. The second-order valence-electron chi connectivity index (χ2n) is 6.79. The first-order chi connectivity index (χ1) is 11.7. The third-order valence-corrected chi connectivity index (χ3v) is 3.75. The van der Waals surface area contributed by atoms with Crippen molar-refractivity contribution in [2.75, 3.05) is 0 Å². The molecule has 0 radical (unpaired) electrons. The lowest BCUT2D eigenvalue weighted by Crippen LogP contribution is -2.20. The van der Waals surface area contributed by atoms with E-state index in [0.717, 1.165) is 5.69 Å². The molecule has 0 fully saturated rings. The van der Waals surface area contributed by atoms with Crippen LogP contribution in [0.2, 0.25) is 0 Å². The Bertz CT molecular complexity index is 826. The van der Waals surface area contributed by atoms with Gasteiger partial charge < -0.3 is 4.74 Å². The first-order valence-corrected chi connectivity index (χ1v) is 7.95. The Kier molecular flexibility index (Phi) is 5.62. The minimum atomic E-state index is -2.89. The summed E-state index contributed by atoms with van der Waals surface area (Å²) in [5.74, 6) is 0.0489. The van der Waals surface area contributed by atoms with E-state index in [1.165, 1.54) is 16.8 Å². The predicted molar refractivity (Wildman–Crippen MR) is 89.9 cm³/mol. The third kappa shape index (κ3) is 4.69. The van der Waals surface area contributed by atoms with Crippen LogP contribution in [0.5, 0.6) is 5.75 Å². The summed E-state index contributed by atoms with van der Waals surface area (Å²) in [6, 6.07) is 8.30. The molecule has 1 N–H and O–H groups in total. The molecule has 1 aromatic heterocycles. The van der Waals surface area contributed by atoms with Gasteiger partial charge in [0.05, 0.1) is 12.6 Å². The fourth-order valence-corrected chi connectivity index (χ4v) is 2.67. The molecule has 134 valence electrons. The highest BCUT2D eigenvalue weighted by Crippen LogP contribution is 2.23. The smallest absolute Gasteiger partial charge is 0.387 e. The lowest BCUT2D eigenvalue weighted by atomic mass is 9.88. The molecule has 5 nitrogen and oxygen atoms in total. The van der Waals surface area contributed by atoms with Crippen molar-refractivity contribution in [3.63, 3.8) is 0 Å². The number of nitriles is 1. The van der Waals surface area contributed by atoms with E-state index in [1.807, 2.05) is 20.8 Å². The molecule has 1 heterocycles. The van der Waals surface area contributed by atoms with Gasteiger partial charge in [-0.3, -0.25) is 9.89 Å². The second-order valence-corrected chi connectivity index (χ2v) is 6.79. The van der Waals surface area contributed by atoms with Crippen molar-refractivity contribution in [3.05, 3.63) is 51.4 Å². The Labute approximate surface area is 144 Å². The quantitative estimate of drug-likeness (QED) is 0.866. The molecule has 0 saturated heterocycles. The Morgan fingerprint density at radius 3 is 2.68 bits per heavy atom. The normalized spacial score (nSPS) is 11.6. The molecule has 0 amide bonds. The van der Waals surface area contributed by atoms with E-state index in [-0.39, 0.29) is 29.7 Å². The number of hydrogen-bond donors (Lipinski definition) is 1. The Morgan fingerprint density at radius 1 is 1.36 bits per heavy atom. The second kappa shape index (κ2) is 7.51. The average molecular weight is 349 g/mol. The van der Waals surface area contributed by atoms with Crippen molar-refractivity contribution >= 4 is 0 Å². The highest BCUT2D eigenvalue weighted by atomic mass is 19.3. The predicted octanol–water partition coefficient (Wildman–Crippen LogP) is 3.58. The van der Waals surface area contributed by atoms with Gasteiger partial charge in [0.15, 0.2) is 0 Å². The van der Waals surface area contributed by atoms with Gasteiger partial charge in [0.25, 0.3) is 5.56 Å². The summed E-state index contributed by atoms with van der Waals surface area (Å²) < 4.78 is 30.5. The van der Waals surface area contributed by atoms with Crippen LogP contribution >= 0.6 is 0 Å².